The molecule has 1 aliphatic rings. The van der Waals surface area contributed by atoms with Gasteiger partial charge in [-0.05, 0) is 29.2 Å². The normalized spacial score (nSPS) is 15.0. The van der Waals surface area contributed by atoms with E-state index < -0.39 is 0 Å². The topological polar surface area (TPSA) is 52.2 Å². The number of aromatic nitrogens is 2. The molecule has 1 aliphatic heterocycles. The predicted molar refractivity (Wildman–Crippen MR) is 109 cm³/mol. The van der Waals surface area contributed by atoms with Gasteiger partial charge in [0.15, 0.2) is 0 Å². The first-order valence-electron chi connectivity index (χ1n) is 9.45. The quantitative estimate of drug-likeness (QED) is 0.760. The number of nitrogens with one attached hydrogen (secondary N) is 1. The standard InChI is InChI=1S/C22H24N4O/c27-22-11-10-21(23-24-22)26-16-14-25(15-17-26)13-12-18-6-8-20(9-7-18)19-4-2-1-3-5-19/h1-11H,12-17H2,(H,24,27). The fourth-order valence-electron chi connectivity index (χ4n) is 3.50. The molecule has 0 amide bonds. The van der Waals surface area contributed by atoms with Crippen molar-refractivity contribution in [1.82, 2.24) is 15.1 Å². The van der Waals surface area contributed by atoms with Gasteiger partial charge in [-0.3, -0.25) is 9.69 Å². The molecule has 1 N–H and O–H groups in total. The van der Waals surface area contributed by atoms with Crippen LogP contribution in [0.2, 0.25) is 0 Å². The van der Waals surface area contributed by atoms with E-state index in [1.165, 1.54) is 22.8 Å². The number of nitrogens with zero attached hydrogens (tertiary/aromatic N) is 3. The van der Waals surface area contributed by atoms with E-state index in [1.54, 1.807) is 6.07 Å². The molecule has 1 saturated heterocycles. The Morgan fingerprint density at radius 2 is 1.52 bits per heavy atom. The number of benzene rings is 2. The Kier molecular flexibility index (Phi) is 5.30. The van der Waals surface area contributed by atoms with Crippen LogP contribution in [-0.4, -0.2) is 47.8 Å². The van der Waals surface area contributed by atoms with Gasteiger partial charge >= 0.3 is 0 Å². The Balaban J connectivity index is 1.27. The first kappa shape index (κ1) is 17.5. The molecular formula is C22H24N4O. The van der Waals surface area contributed by atoms with Crippen LogP contribution >= 0.6 is 0 Å². The fraction of sp³-hybridized carbons (Fsp3) is 0.273. The van der Waals surface area contributed by atoms with E-state index in [1.807, 2.05) is 6.07 Å². The molecule has 0 bridgehead atoms. The summed E-state index contributed by atoms with van der Waals surface area (Å²) in [5.74, 6) is 0.853. The van der Waals surface area contributed by atoms with Crippen molar-refractivity contribution in [3.05, 3.63) is 82.6 Å². The second kappa shape index (κ2) is 8.18. The monoisotopic (exact) mass is 360 g/mol. The molecule has 0 aliphatic carbocycles. The fourth-order valence-corrected chi connectivity index (χ4v) is 3.50. The third-order valence-electron chi connectivity index (χ3n) is 5.14. The molecule has 0 atom stereocenters. The molecule has 2 heterocycles. The summed E-state index contributed by atoms with van der Waals surface area (Å²) in [5.41, 5.74) is 3.74. The van der Waals surface area contributed by atoms with Gasteiger partial charge in [-0.1, -0.05) is 54.6 Å². The molecule has 5 nitrogen and oxygen atoms in total. The second-order valence-electron chi connectivity index (χ2n) is 6.92. The minimum Gasteiger partial charge on any atom is -0.353 e. The van der Waals surface area contributed by atoms with Crippen molar-refractivity contribution in [3.63, 3.8) is 0 Å². The number of hydrogen-bond acceptors (Lipinski definition) is 4. The number of H-pyrrole nitrogens is 1. The molecule has 0 saturated carbocycles. The first-order valence-corrected chi connectivity index (χ1v) is 9.45. The summed E-state index contributed by atoms with van der Waals surface area (Å²) in [5, 5.41) is 6.63. The number of aromatic amines is 1. The smallest absolute Gasteiger partial charge is 0.264 e. The van der Waals surface area contributed by atoms with Crippen molar-refractivity contribution in [3.8, 4) is 11.1 Å². The van der Waals surface area contributed by atoms with E-state index in [2.05, 4.69) is 68.5 Å². The molecule has 2 aromatic carbocycles. The highest BCUT2D eigenvalue weighted by Crippen LogP contribution is 2.19. The SMILES string of the molecule is O=c1ccc(N2CCN(CCc3ccc(-c4ccccc4)cc3)CC2)n[nH]1. The Morgan fingerprint density at radius 3 is 2.19 bits per heavy atom. The van der Waals surface area contributed by atoms with Crippen LogP contribution < -0.4 is 10.5 Å². The molecule has 0 unspecified atom stereocenters. The van der Waals surface area contributed by atoms with Gasteiger partial charge in [-0.25, -0.2) is 5.10 Å². The minimum atomic E-state index is -0.157. The third kappa shape index (κ3) is 4.44. The van der Waals surface area contributed by atoms with Gasteiger partial charge in [0.25, 0.3) is 5.56 Å². The van der Waals surface area contributed by atoms with Crippen LogP contribution in [0.4, 0.5) is 5.82 Å². The van der Waals surface area contributed by atoms with Gasteiger partial charge in [-0.2, -0.15) is 5.10 Å². The van der Waals surface area contributed by atoms with E-state index in [0.29, 0.717) is 0 Å². The summed E-state index contributed by atoms with van der Waals surface area (Å²) in [7, 11) is 0. The lowest BCUT2D eigenvalue weighted by molar-refractivity contribution is 0.260. The summed E-state index contributed by atoms with van der Waals surface area (Å²) in [6.45, 7) is 4.97. The molecule has 4 rings (SSSR count). The number of anilines is 1. The Bertz CT molecular complexity index is 893. The van der Waals surface area contributed by atoms with Gasteiger partial charge in [0, 0.05) is 38.8 Å². The molecule has 1 aromatic heterocycles. The highest BCUT2D eigenvalue weighted by Gasteiger charge is 2.17. The van der Waals surface area contributed by atoms with Gasteiger partial charge in [0.05, 0.1) is 0 Å². The third-order valence-corrected chi connectivity index (χ3v) is 5.14. The lowest BCUT2D eigenvalue weighted by Gasteiger charge is -2.35. The van der Waals surface area contributed by atoms with Crippen molar-refractivity contribution in [2.24, 2.45) is 0 Å². The molecule has 27 heavy (non-hydrogen) atoms. The average Bonchev–Trinajstić information content (AvgIpc) is 2.74. The Morgan fingerprint density at radius 1 is 0.815 bits per heavy atom. The van der Waals surface area contributed by atoms with Gasteiger partial charge in [-0.15, -0.1) is 0 Å². The Hall–Kier alpha value is -2.92. The molecule has 3 aromatic rings. The molecule has 0 spiro atoms. The van der Waals surface area contributed by atoms with Gasteiger partial charge in [0.1, 0.15) is 5.82 Å². The summed E-state index contributed by atoms with van der Waals surface area (Å²) >= 11 is 0. The maximum absolute atomic E-state index is 11.1. The van der Waals surface area contributed by atoms with Crippen molar-refractivity contribution in [2.75, 3.05) is 37.6 Å². The summed E-state index contributed by atoms with van der Waals surface area (Å²) in [6.07, 6.45) is 1.06. The van der Waals surface area contributed by atoms with E-state index >= 15 is 0 Å². The van der Waals surface area contributed by atoms with E-state index in [9.17, 15) is 4.79 Å². The lowest BCUT2D eigenvalue weighted by atomic mass is 10.0. The van der Waals surface area contributed by atoms with E-state index in [0.717, 1.165) is 45.0 Å². The second-order valence-corrected chi connectivity index (χ2v) is 6.92. The first-order chi connectivity index (χ1) is 13.3. The van der Waals surface area contributed by atoms with Crippen LogP contribution in [0.5, 0.6) is 0 Å². The molecule has 5 heteroatoms. The summed E-state index contributed by atoms with van der Waals surface area (Å²) < 4.78 is 0. The average molecular weight is 360 g/mol. The molecular weight excluding hydrogens is 336 g/mol. The van der Waals surface area contributed by atoms with Crippen LogP contribution in [0.15, 0.2) is 71.5 Å². The largest absolute Gasteiger partial charge is 0.353 e. The number of piperazine rings is 1. The van der Waals surface area contributed by atoms with E-state index in [4.69, 9.17) is 0 Å². The Labute approximate surface area is 159 Å². The number of hydrogen-bond donors (Lipinski definition) is 1. The maximum atomic E-state index is 11.1. The predicted octanol–water partition coefficient (Wildman–Crippen LogP) is 2.80. The molecule has 138 valence electrons. The van der Waals surface area contributed by atoms with Crippen LogP contribution in [0.1, 0.15) is 5.56 Å². The van der Waals surface area contributed by atoms with Crippen molar-refractivity contribution < 1.29 is 0 Å². The van der Waals surface area contributed by atoms with Crippen molar-refractivity contribution in [2.45, 2.75) is 6.42 Å². The summed E-state index contributed by atoms with van der Waals surface area (Å²) in [4.78, 5) is 15.8. The van der Waals surface area contributed by atoms with Crippen molar-refractivity contribution in [1.29, 1.82) is 0 Å². The minimum absolute atomic E-state index is 0.157. The molecule has 1 fully saturated rings. The highest BCUT2D eigenvalue weighted by molar-refractivity contribution is 5.63. The van der Waals surface area contributed by atoms with Gasteiger partial charge in [0.2, 0.25) is 0 Å². The van der Waals surface area contributed by atoms with Crippen LogP contribution in [0.3, 0.4) is 0 Å². The number of rotatable bonds is 5. The zero-order valence-electron chi connectivity index (χ0n) is 15.3. The van der Waals surface area contributed by atoms with Crippen LogP contribution in [-0.2, 0) is 6.42 Å². The van der Waals surface area contributed by atoms with Crippen LogP contribution in [0.25, 0.3) is 11.1 Å². The maximum Gasteiger partial charge on any atom is 0.264 e. The summed E-state index contributed by atoms with van der Waals surface area (Å²) in [6, 6.07) is 22.7. The van der Waals surface area contributed by atoms with Crippen LogP contribution in [0, 0.1) is 0 Å². The van der Waals surface area contributed by atoms with Crippen molar-refractivity contribution >= 4 is 5.82 Å². The zero-order chi connectivity index (χ0) is 18.5. The zero-order valence-corrected chi connectivity index (χ0v) is 15.3. The highest BCUT2D eigenvalue weighted by atomic mass is 16.1. The van der Waals surface area contributed by atoms with Gasteiger partial charge < -0.3 is 4.90 Å². The molecule has 0 radical (unpaired) electrons. The lowest BCUT2D eigenvalue weighted by Crippen LogP contribution is -2.47. The van der Waals surface area contributed by atoms with E-state index in [-0.39, 0.29) is 5.56 Å².